The Kier molecular flexibility index (Phi) is 5.71. The molecule has 6 heteroatoms. The normalized spacial score (nSPS) is 14.2. The van der Waals surface area contributed by atoms with Crippen LogP contribution in [0.15, 0.2) is 48.5 Å². The molecule has 0 saturated carbocycles. The Bertz CT molecular complexity index is 993. The van der Waals surface area contributed by atoms with Crippen molar-refractivity contribution < 1.29 is 9.53 Å². The van der Waals surface area contributed by atoms with E-state index in [9.17, 15) is 4.79 Å². The van der Waals surface area contributed by atoms with E-state index in [0.29, 0.717) is 18.8 Å². The van der Waals surface area contributed by atoms with Crippen LogP contribution in [-0.4, -0.2) is 60.4 Å². The molecule has 150 valence electrons. The predicted molar refractivity (Wildman–Crippen MR) is 115 cm³/mol. The first-order valence-corrected chi connectivity index (χ1v) is 10.2. The molecule has 6 nitrogen and oxygen atoms in total. The van der Waals surface area contributed by atoms with Gasteiger partial charge in [0, 0.05) is 42.8 Å². The van der Waals surface area contributed by atoms with Crippen molar-refractivity contribution in [2.75, 3.05) is 44.3 Å². The molecular formula is C23H26N4O2. The number of benzene rings is 2. The SMILES string of the molecule is CCN(CC)C(=O)c1ccc(-c2ccc(N3CCOCC3)c3ccccc23)nn1. The molecule has 1 saturated heterocycles. The highest BCUT2D eigenvalue weighted by molar-refractivity contribution is 6.03. The lowest BCUT2D eigenvalue weighted by Crippen LogP contribution is -2.36. The lowest BCUT2D eigenvalue weighted by atomic mass is 9.99. The average molecular weight is 390 g/mol. The van der Waals surface area contributed by atoms with Gasteiger partial charge >= 0.3 is 0 Å². The summed E-state index contributed by atoms with van der Waals surface area (Å²) in [4.78, 5) is 16.6. The van der Waals surface area contributed by atoms with Crippen LogP contribution in [0.5, 0.6) is 0 Å². The number of fused-ring (bicyclic) bond motifs is 1. The second-order valence-electron chi connectivity index (χ2n) is 7.06. The molecule has 2 heterocycles. The van der Waals surface area contributed by atoms with Gasteiger partial charge in [0.2, 0.25) is 0 Å². The fraction of sp³-hybridized carbons (Fsp3) is 0.348. The standard InChI is InChI=1S/C23H26N4O2/c1-3-26(4-2)23(28)21-11-10-20(24-25-21)18-9-12-22(27-13-15-29-16-14-27)19-8-6-5-7-17(18)19/h5-12H,3-4,13-16H2,1-2H3. The van der Waals surface area contributed by atoms with Gasteiger partial charge in [0.05, 0.1) is 18.9 Å². The van der Waals surface area contributed by atoms with Gasteiger partial charge in [0.15, 0.2) is 5.69 Å². The first-order chi connectivity index (χ1) is 14.2. The number of ether oxygens (including phenoxy) is 1. The number of aromatic nitrogens is 2. The van der Waals surface area contributed by atoms with E-state index >= 15 is 0 Å². The Morgan fingerprint density at radius 3 is 2.34 bits per heavy atom. The number of amides is 1. The van der Waals surface area contributed by atoms with E-state index in [0.717, 1.165) is 42.9 Å². The van der Waals surface area contributed by atoms with Gasteiger partial charge in [0.25, 0.3) is 5.91 Å². The molecule has 0 bridgehead atoms. The fourth-order valence-electron chi connectivity index (χ4n) is 3.85. The third kappa shape index (κ3) is 3.80. The number of hydrogen-bond acceptors (Lipinski definition) is 5. The molecule has 1 amide bonds. The van der Waals surface area contributed by atoms with Crippen molar-refractivity contribution in [3.05, 3.63) is 54.2 Å². The van der Waals surface area contributed by atoms with Crippen molar-refractivity contribution in [3.63, 3.8) is 0 Å². The number of carbonyl (C=O) groups is 1. The second kappa shape index (κ2) is 8.57. The number of morpholine rings is 1. The van der Waals surface area contributed by atoms with E-state index < -0.39 is 0 Å². The van der Waals surface area contributed by atoms with Crippen LogP contribution in [0.4, 0.5) is 5.69 Å². The Hall–Kier alpha value is -2.99. The minimum absolute atomic E-state index is 0.0819. The molecule has 0 aliphatic carbocycles. The summed E-state index contributed by atoms with van der Waals surface area (Å²) in [5.74, 6) is -0.0819. The van der Waals surface area contributed by atoms with Crippen LogP contribution in [0, 0.1) is 0 Å². The maximum atomic E-state index is 12.5. The number of hydrogen-bond donors (Lipinski definition) is 0. The Labute approximate surface area is 171 Å². The van der Waals surface area contributed by atoms with Gasteiger partial charge in [-0.05, 0) is 37.4 Å². The summed E-state index contributed by atoms with van der Waals surface area (Å²) >= 11 is 0. The first-order valence-electron chi connectivity index (χ1n) is 10.2. The summed E-state index contributed by atoms with van der Waals surface area (Å²) in [6.45, 7) is 8.54. The monoisotopic (exact) mass is 390 g/mol. The number of nitrogens with zero attached hydrogens (tertiary/aromatic N) is 4. The zero-order chi connectivity index (χ0) is 20.2. The van der Waals surface area contributed by atoms with E-state index in [1.54, 1.807) is 11.0 Å². The van der Waals surface area contributed by atoms with Crippen molar-refractivity contribution in [2.45, 2.75) is 13.8 Å². The summed E-state index contributed by atoms with van der Waals surface area (Å²) in [7, 11) is 0. The summed E-state index contributed by atoms with van der Waals surface area (Å²) in [5, 5.41) is 10.9. The fourth-order valence-corrected chi connectivity index (χ4v) is 3.85. The lowest BCUT2D eigenvalue weighted by Gasteiger charge is -2.30. The summed E-state index contributed by atoms with van der Waals surface area (Å²) < 4.78 is 5.50. The quantitative estimate of drug-likeness (QED) is 0.666. The molecular weight excluding hydrogens is 364 g/mol. The Morgan fingerprint density at radius 2 is 1.69 bits per heavy atom. The molecule has 3 aromatic rings. The van der Waals surface area contributed by atoms with Gasteiger partial charge in [0.1, 0.15) is 0 Å². The summed E-state index contributed by atoms with van der Waals surface area (Å²) in [6, 6.07) is 16.3. The lowest BCUT2D eigenvalue weighted by molar-refractivity contribution is 0.0766. The molecule has 29 heavy (non-hydrogen) atoms. The van der Waals surface area contributed by atoms with Gasteiger partial charge in [-0.3, -0.25) is 4.79 Å². The molecule has 1 fully saturated rings. The van der Waals surface area contributed by atoms with E-state index in [1.165, 1.54) is 11.1 Å². The van der Waals surface area contributed by atoms with Crippen LogP contribution >= 0.6 is 0 Å². The molecule has 0 spiro atoms. The van der Waals surface area contributed by atoms with Crippen molar-refractivity contribution in [1.82, 2.24) is 15.1 Å². The molecule has 1 aliphatic rings. The van der Waals surface area contributed by atoms with E-state index in [-0.39, 0.29) is 5.91 Å². The van der Waals surface area contributed by atoms with Crippen LogP contribution in [0.25, 0.3) is 22.0 Å². The number of carbonyl (C=O) groups excluding carboxylic acids is 1. The van der Waals surface area contributed by atoms with Crippen LogP contribution in [0.3, 0.4) is 0 Å². The Morgan fingerprint density at radius 1 is 0.966 bits per heavy atom. The molecule has 1 aliphatic heterocycles. The average Bonchev–Trinajstić information content (AvgIpc) is 2.80. The van der Waals surface area contributed by atoms with E-state index in [2.05, 4.69) is 45.4 Å². The largest absolute Gasteiger partial charge is 0.378 e. The van der Waals surface area contributed by atoms with Gasteiger partial charge in [-0.1, -0.05) is 30.3 Å². The van der Waals surface area contributed by atoms with Crippen molar-refractivity contribution in [1.29, 1.82) is 0 Å². The van der Waals surface area contributed by atoms with Gasteiger partial charge in [-0.2, -0.15) is 0 Å². The smallest absolute Gasteiger partial charge is 0.274 e. The third-order valence-electron chi connectivity index (χ3n) is 5.46. The molecule has 0 unspecified atom stereocenters. The van der Waals surface area contributed by atoms with Gasteiger partial charge < -0.3 is 14.5 Å². The molecule has 0 N–H and O–H groups in total. The summed E-state index contributed by atoms with van der Waals surface area (Å²) in [6.07, 6.45) is 0. The van der Waals surface area contributed by atoms with Gasteiger partial charge in [-0.15, -0.1) is 10.2 Å². The molecule has 0 atom stereocenters. The van der Waals surface area contributed by atoms with Crippen molar-refractivity contribution >= 4 is 22.4 Å². The third-order valence-corrected chi connectivity index (χ3v) is 5.46. The van der Waals surface area contributed by atoms with E-state index in [4.69, 9.17) is 4.74 Å². The molecule has 1 aromatic heterocycles. The topological polar surface area (TPSA) is 58.6 Å². The highest BCUT2D eigenvalue weighted by Crippen LogP contribution is 2.34. The first kappa shape index (κ1) is 19.3. The van der Waals surface area contributed by atoms with Crippen molar-refractivity contribution in [3.8, 4) is 11.3 Å². The van der Waals surface area contributed by atoms with Crippen LogP contribution < -0.4 is 4.90 Å². The molecule has 0 radical (unpaired) electrons. The van der Waals surface area contributed by atoms with Crippen LogP contribution in [-0.2, 0) is 4.74 Å². The van der Waals surface area contributed by atoms with Crippen molar-refractivity contribution in [2.24, 2.45) is 0 Å². The maximum Gasteiger partial charge on any atom is 0.274 e. The number of rotatable bonds is 5. The van der Waals surface area contributed by atoms with E-state index in [1.807, 2.05) is 26.0 Å². The molecule has 2 aromatic carbocycles. The second-order valence-corrected chi connectivity index (χ2v) is 7.06. The minimum atomic E-state index is -0.0819. The molecule has 4 rings (SSSR count). The summed E-state index contributed by atoms with van der Waals surface area (Å²) in [5.41, 5.74) is 3.39. The number of anilines is 1. The minimum Gasteiger partial charge on any atom is -0.378 e. The van der Waals surface area contributed by atoms with Gasteiger partial charge in [-0.25, -0.2) is 0 Å². The highest BCUT2D eigenvalue weighted by Gasteiger charge is 2.18. The Balaban J connectivity index is 1.70. The predicted octanol–water partition coefficient (Wildman–Crippen LogP) is 3.62. The zero-order valence-corrected chi connectivity index (χ0v) is 17.0. The highest BCUT2D eigenvalue weighted by atomic mass is 16.5. The van der Waals surface area contributed by atoms with Crippen LogP contribution in [0.2, 0.25) is 0 Å². The van der Waals surface area contributed by atoms with Crippen LogP contribution in [0.1, 0.15) is 24.3 Å². The zero-order valence-electron chi connectivity index (χ0n) is 17.0. The maximum absolute atomic E-state index is 12.5.